The third kappa shape index (κ3) is 7.99. The van der Waals surface area contributed by atoms with E-state index in [-0.39, 0.29) is 22.8 Å². The van der Waals surface area contributed by atoms with Crippen molar-refractivity contribution < 1.29 is 17.9 Å². The number of fused-ring (bicyclic) bond motifs is 1. The van der Waals surface area contributed by atoms with Gasteiger partial charge in [-0.2, -0.15) is 0 Å². The molecule has 2 aromatic heterocycles. The molecule has 11 nitrogen and oxygen atoms in total. The minimum absolute atomic E-state index is 0.214. The van der Waals surface area contributed by atoms with Gasteiger partial charge in [-0.3, -0.25) is 9.52 Å². The van der Waals surface area contributed by atoms with E-state index in [9.17, 15) is 13.2 Å². The highest BCUT2D eigenvalue weighted by Gasteiger charge is 2.25. The number of carbonyl (C=O) groups is 1. The molecule has 250 valence electrons. The standard InChI is InChI=1S/C35H45N7O4S/c1-21(2)42-15-13-23(14-16-42)26-11-12-27-31(38-26)33(37-20-36-27)39-28-17-24(10-9-22(28)3)34(43)40-29-18-25(35(4,5)6)19-30(32(29)46-7)41-47(8,44)45/h9-12,17-21,23,41H,13-16H2,1-8H3,(H,40,43)(H,36,37,39). The number of aromatic nitrogens is 3. The summed E-state index contributed by atoms with van der Waals surface area (Å²) in [5.74, 6) is 0.765. The van der Waals surface area contributed by atoms with Crippen molar-refractivity contribution in [3.05, 3.63) is 71.2 Å². The van der Waals surface area contributed by atoms with Crippen LogP contribution in [0.5, 0.6) is 5.75 Å². The van der Waals surface area contributed by atoms with E-state index in [0.717, 1.165) is 54.5 Å². The first-order valence-electron chi connectivity index (χ1n) is 15.9. The van der Waals surface area contributed by atoms with Gasteiger partial charge in [-0.05, 0) is 99.6 Å². The number of piperidine rings is 1. The Hall–Kier alpha value is -4.29. The number of amides is 1. The number of anilines is 4. The lowest BCUT2D eigenvalue weighted by atomic mass is 9.86. The lowest BCUT2D eigenvalue weighted by Crippen LogP contribution is -2.38. The summed E-state index contributed by atoms with van der Waals surface area (Å²) in [7, 11) is -2.17. The van der Waals surface area contributed by atoms with Crippen molar-refractivity contribution in [2.24, 2.45) is 0 Å². The van der Waals surface area contributed by atoms with Gasteiger partial charge < -0.3 is 20.3 Å². The molecule has 0 bridgehead atoms. The molecule has 3 N–H and O–H groups in total. The summed E-state index contributed by atoms with van der Waals surface area (Å²) in [4.78, 5) is 30.2. The Morgan fingerprint density at radius 1 is 1.00 bits per heavy atom. The molecule has 47 heavy (non-hydrogen) atoms. The maximum Gasteiger partial charge on any atom is 0.255 e. The van der Waals surface area contributed by atoms with Crippen LogP contribution in [0.3, 0.4) is 0 Å². The number of ether oxygens (including phenoxy) is 1. The summed E-state index contributed by atoms with van der Waals surface area (Å²) in [6, 6.07) is 13.5. The van der Waals surface area contributed by atoms with Crippen LogP contribution >= 0.6 is 0 Å². The van der Waals surface area contributed by atoms with E-state index in [2.05, 4.69) is 50.1 Å². The molecule has 3 heterocycles. The smallest absolute Gasteiger partial charge is 0.255 e. The molecule has 0 aliphatic carbocycles. The summed E-state index contributed by atoms with van der Waals surface area (Å²) in [6.07, 6.45) is 4.69. The molecule has 0 atom stereocenters. The van der Waals surface area contributed by atoms with Crippen LogP contribution in [0.2, 0.25) is 0 Å². The van der Waals surface area contributed by atoms with Gasteiger partial charge in [-0.15, -0.1) is 0 Å². The average molecular weight is 660 g/mol. The molecule has 5 rings (SSSR count). The van der Waals surface area contributed by atoms with Crippen molar-refractivity contribution in [1.29, 1.82) is 0 Å². The number of carbonyl (C=O) groups excluding carboxylic acids is 1. The van der Waals surface area contributed by atoms with Crippen molar-refractivity contribution in [1.82, 2.24) is 19.9 Å². The fraction of sp³-hybridized carbons (Fsp3) is 0.429. The molecule has 2 aromatic carbocycles. The SMILES string of the molecule is COc1c(NC(=O)c2ccc(C)c(Nc3ncnc4ccc(C5CCN(C(C)C)CC5)nc34)c2)cc(C(C)(C)C)cc1NS(C)(=O)=O. The molecule has 0 unspecified atom stereocenters. The number of methoxy groups -OCH3 is 1. The van der Waals surface area contributed by atoms with E-state index >= 15 is 0 Å². The van der Waals surface area contributed by atoms with Crippen LogP contribution in [-0.2, 0) is 15.4 Å². The normalized spacial score (nSPS) is 14.7. The average Bonchev–Trinajstić information content (AvgIpc) is 3.00. The molecule has 4 aromatic rings. The van der Waals surface area contributed by atoms with E-state index in [4.69, 9.17) is 9.72 Å². The Morgan fingerprint density at radius 2 is 1.70 bits per heavy atom. The molecule has 0 radical (unpaired) electrons. The number of hydrogen-bond acceptors (Lipinski definition) is 9. The Labute approximate surface area is 277 Å². The monoisotopic (exact) mass is 659 g/mol. The summed E-state index contributed by atoms with van der Waals surface area (Å²) >= 11 is 0. The number of sulfonamides is 1. The lowest BCUT2D eigenvalue weighted by Gasteiger charge is -2.34. The second-order valence-electron chi connectivity index (χ2n) is 13.6. The highest BCUT2D eigenvalue weighted by atomic mass is 32.2. The molecular formula is C35H45N7O4S. The summed E-state index contributed by atoms with van der Waals surface area (Å²) in [5.41, 5.74) is 5.55. The molecule has 0 spiro atoms. The number of hydrogen-bond donors (Lipinski definition) is 3. The second-order valence-corrected chi connectivity index (χ2v) is 15.3. The highest BCUT2D eigenvalue weighted by Crippen LogP contribution is 2.39. The molecule has 0 saturated carbocycles. The predicted molar refractivity (Wildman–Crippen MR) is 189 cm³/mol. The maximum absolute atomic E-state index is 13.7. The Kier molecular flexibility index (Phi) is 9.74. The van der Waals surface area contributed by atoms with Gasteiger partial charge >= 0.3 is 0 Å². The molecule has 1 aliphatic rings. The van der Waals surface area contributed by atoms with Gasteiger partial charge in [0.1, 0.15) is 11.8 Å². The Balaban J connectivity index is 1.43. The number of likely N-dealkylation sites (tertiary alicyclic amines) is 1. The maximum atomic E-state index is 13.7. The van der Waals surface area contributed by atoms with E-state index in [1.165, 1.54) is 13.4 Å². The first-order valence-corrected chi connectivity index (χ1v) is 17.8. The molecule has 1 aliphatic heterocycles. The molecule has 1 fully saturated rings. The van der Waals surface area contributed by atoms with Crippen molar-refractivity contribution in [2.45, 2.75) is 71.8 Å². The zero-order chi connectivity index (χ0) is 34.1. The van der Waals surface area contributed by atoms with Gasteiger partial charge in [0.2, 0.25) is 10.0 Å². The lowest BCUT2D eigenvalue weighted by molar-refractivity contribution is 0.102. The minimum atomic E-state index is -3.61. The quantitative estimate of drug-likeness (QED) is 0.182. The molecule has 1 amide bonds. The third-order valence-corrected chi connectivity index (χ3v) is 9.23. The number of rotatable bonds is 9. The van der Waals surface area contributed by atoms with Crippen LogP contribution < -0.4 is 20.1 Å². The molecular weight excluding hydrogens is 614 g/mol. The summed E-state index contributed by atoms with van der Waals surface area (Å²) in [5, 5.41) is 6.35. The number of benzene rings is 2. The van der Waals surface area contributed by atoms with Crippen LogP contribution in [0.4, 0.5) is 22.9 Å². The van der Waals surface area contributed by atoms with Crippen molar-refractivity contribution >= 4 is 49.8 Å². The van der Waals surface area contributed by atoms with Crippen LogP contribution in [-0.4, -0.2) is 66.7 Å². The topological polar surface area (TPSA) is 138 Å². The van der Waals surface area contributed by atoms with Gasteiger partial charge in [0.25, 0.3) is 5.91 Å². The number of aryl methyl sites for hydroxylation is 1. The molecule has 1 saturated heterocycles. The van der Waals surface area contributed by atoms with Gasteiger partial charge in [0, 0.05) is 28.9 Å². The first kappa shape index (κ1) is 34.1. The largest absolute Gasteiger partial charge is 0.492 e. The van der Waals surface area contributed by atoms with Crippen molar-refractivity contribution in [3.63, 3.8) is 0 Å². The first-order chi connectivity index (χ1) is 22.1. The number of pyridine rings is 1. The van der Waals surface area contributed by atoms with E-state index in [1.807, 2.05) is 39.8 Å². The number of nitrogens with one attached hydrogen (secondary N) is 3. The van der Waals surface area contributed by atoms with Gasteiger partial charge in [0.15, 0.2) is 11.6 Å². The van der Waals surface area contributed by atoms with E-state index in [0.29, 0.717) is 40.2 Å². The van der Waals surface area contributed by atoms with Crippen molar-refractivity contribution in [2.75, 3.05) is 41.8 Å². The van der Waals surface area contributed by atoms with Crippen LogP contribution in [0.15, 0.2) is 48.8 Å². The number of nitrogens with zero attached hydrogens (tertiary/aromatic N) is 4. The molecule has 12 heteroatoms. The van der Waals surface area contributed by atoms with Gasteiger partial charge in [-0.1, -0.05) is 26.8 Å². The third-order valence-electron chi connectivity index (χ3n) is 8.64. The van der Waals surface area contributed by atoms with E-state index < -0.39 is 10.0 Å². The second kappa shape index (κ2) is 13.4. The Bertz CT molecular complexity index is 1900. The minimum Gasteiger partial charge on any atom is -0.492 e. The predicted octanol–water partition coefficient (Wildman–Crippen LogP) is 6.59. The van der Waals surface area contributed by atoms with Crippen LogP contribution in [0.25, 0.3) is 11.0 Å². The Morgan fingerprint density at radius 3 is 2.34 bits per heavy atom. The van der Waals surface area contributed by atoms with Gasteiger partial charge in [0.05, 0.1) is 30.3 Å². The fourth-order valence-corrected chi connectivity index (χ4v) is 6.41. The zero-order valence-electron chi connectivity index (χ0n) is 28.4. The highest BCUT2D eigenvalue weighted by molar-refractivity contribution is 7.92. The summed E-state index contributed by atoms with van der Waals surface area (Å²) in [6.45, 7) is 14.5. The summed E-state index contributed by atoms with van der Waals surface area (Å²) < 4.78 is 32.4. The zero-order valence-corrected chi connectivity index (χ0v) is 29.2. The van der Waals surface area contributed by atoms with E-state index in [1.54, 1.807) is 24.3 Å². The van der Waals surface area contributed by atoms with Gasteiger partial charge in [-0.25, -0.2) is 23.4 Å². The van der Waals surface area contributed by atoms with Crippen LogP contribution in [0, 0.1) is 6.92 Å². The van der Waals surface area contributed by atoms with Crippen molar-refractivity contribution in [3.8, 4) is 5.75 Å². The fourth-order valence-electron chi connectivity index (χ4n) is 5.86. The van der Waals surface area contributed by atoms with Crippen LogP contribution in [0.1, 0.15) is 80.6 Å².